The van der Waals surface area contributed by atoms with Crippen LogP contribution < -0.4 is 0 Å². The van der Waals surface area contributed by atoms with E-state index in [0.717, 1.165) is 12.8 Å². The first-order valence-electron chi connectivity index (χ1n) is 3.98. The van der Waals surface area contributed by atoms with Gasteiger partial charge in [-0.25, -0.2) is 4.39 Å². The van der Waals surface area contributed by atoms with Crippen molar-refractivity contribution in [2.24, 2.45) is 0 Å². The lowest BCUT2D eigenvalue weighted by Crippen LogP contribution is -2.25. The molecule has 0 aromatic carbocycles. The fraction of sp³-hybridized carbons (Fsp3) is 0.444. The number of carbonyl (C=O) groups is 1. The van der Waals surface area contributed by atoms with E-state index in [2.05, 4.69) is 0 Å². The zero-order chi connectivity index (χ0) is 8.60. The molecule has 3 heteroatoms. The molecule has 0 N–H and O–H groups in total. The third kappa shape index (κ3) is 1.10. The van der Waals surface area contributed by atoms with Gasteiger partial charge >= 0.3 is 0 Å². The van der Waals surface area contributed by atoms with E-state index in [4.69, 9.17) is 4.74 Å². The lowest BCUT2D eigenvalue weighted by Gasteiger charge is -2.22. The minimum absolute atomic E-state index is 0.559. The molecule has 1 unspecified atom stereocenters. The fourth-order valence-corrected chi connectivity index (χ4v) is 1.56. The lowest BCUT2D eigenvalue weighted by molar-refractivity contribution is -0.113. The molecule has 1 atom stereocenters. The molecule has 2 nitrogen and oxygen atoms in total. The molecule has 12 heavy (non-hydrogen) atoms. The minimum Gasteiger partial charge on any atom is -0.367 e. The van der Waals surface area contributed by atoms with Gasteiger partial charge in [-0.05, 0) is 31.1 Å². The van der Waals surface area contributed by atoms with Gasteiger partial charge < -0.3 is 4.74 Å². The van der Waals surface area contributed by atoms with Crippen molar-refractivity contribution >= 4 is 5.78 Å². The third-order valence-electron chi connectivity index (χ3n) is 2.21. The number of ether oxygens (including phenoxy) is 1. The molecule has 0 aromatic heterocycles. The van der Waals surface area contributed by atoms with Gasteiger partial charge in [-0.3, -0.25) is 4.79 Å². The summed E-state index contributed by atoms with van der Waals surface area (Å²) >= 11 is 0. The number of ketones is 1. The second kappa shape index (κ2) is 2.52. The lowest BCUT2D eigenvalue weighted by atomic mass is 9.94. The van der Waals surface area contributed by atoms with E-state index < -0.39 is 17.2 Å². The van der Waals surface area contributed by atoms with Crippen molar-refractivity contribution in [2.75, 3.05) is 6.61 Å². The summed E-state index contributed by atoms with van der Waals surface area (Å²) in [6, 6.07) is 0. The van der Waals surface area contributed by atoms with Crippen molar-refractivity contribution in [3.05, 3.63) is 24.1 Å². The monoisotopic (exact) mass is 168 g/mol. The van der Waals surface area contributed by atoms with Gasteiger partial charge in [0, 0.05) is 6.61 Å². The van der Waals surface area contributed by atoms with Crippen molar-refractivity contribution < 1.29 is 13.9 Å². The van der Waals surface area contributed by atoms with Gasteiger partial charge in [-0.2, -0.15) is 0 Å². The highest BCUT2D eigenvalue weighted by Crippen LogP contribution is 2.32. The van der Waals surface area contributed by atoms with Crippen LogP contribution in [0.5, 0.6) is 0 Å². The van der Waals surface area contributed by atoms with E-state index >= 15 is 0 Å². The Labute approximate surface area is 69.7 Å². The highest BCUT2D eigenvalue weighted by Gasteiger charge is 2.34. The molecule has 1 spiro atoms. The molecule has 1 saturated heterocycles. The van der Waals surface area contributed by atoms with Crippen LogP contribution in [0.25, 0.3) is 0 Å². The smallest absolute Gasteiger partial charge is 0.213 e. The standard InChI is InChI=1S/C9H9FO2/c10-7-6-9(3-1-5-12-9)4-2-8(7)11/h2,4,6H,1,3,5H2. The van der Waals surface area contributed by atoms with Gasteiger partial charge in [0.05, 0.1) is 0 Å². The Morgan fingerprint density at radius 2 is 2.42 bits per heavy atom. The molecule has 2 aliphatic rings. The summed E-state index contributed by atoms with van der Waals surface area (Å²) in [6.45, 7) is 0.641. The highest BCUT2D eigenvalue weighted by molar-refractivity contribution is 6.03. The summed E-state index contributed by atoms with van der Waals surface area (Å²) in [5.41, 5.74) is -0.613. The van der Waals surface area contributed by atoms with E-state index in [9.17, 15) is 9.18 Å². The predicted molar refractivity (Wildman–Crippen MR) is 41.3 cm³/mol. The number of rotatable bonds is 0. The molecule has 1 heterocycles. The molecule has 1 fully saturated rings. The Kier molecular flexibility index (Phi) is 1.61. The molecule has 64 valence electrons. The SMILES string of the molecule is O=C1C=CC2(C=C1F)CCCO2. The topological polar surface area (TPSA) is 26.3 Å². The zero-order valence-corrected chi connectivity index (χ0v) is 6.55. The van der Waals surface area contributed by atoms with Crippen LogP contribution in [0.2, 0.25) is 0 Å². The molecule has 0 radical (unpaired) electrons. The van der Waals surface area contributed by atoms with Crippen LogP contribution in [0.1, 0.15) is 12.8 Å². The Bertz CT molecular complexity index is 272. The normalized spacial score (nSPS) is 34.4. The number of allylic oxidation sites excluding steroid dienone is 2. The van der Waals surface area contributed by atoms with E-state index in [-0.39, 0.29) is 0 Å². The van der Waals surface area contributed by atoms with Crippen LogP contribution in [0.15, 0.2) is 24.1 Å². The molecule has 0 aromatic rings. The summed E-state index contributed by atoms with van der Waals surface area (Å²) in [5, 5.41) is 0. The second-order valence-electron chi connectivity index (χ2n) is 3.10. The van der Waals surface area contributed by atoms with Crippen molar-refractivity contribution in [3.8, 4) is 0 Å². The number of hydrogen-bond acceptors (Lipinski definition) is 2. The molecule has 0 amide bonds. The van der Waals surface area contributed by atoms with Gasteiger partial charge in [0.15, 0.2) is 5.83 Å². The molecule has 1 aliphatic heterocycles. The molecular weight excluding hydrogens is 159 g/mol. The predicted octanol–water partition coefficient (Wildman–Crippen LogP) is 1.53. The third-order valence-corrected chi connectivity index (χ3v) is 2.21. The summed E-state index contributed by atoms with van der Waals surface area (Å²) in [4.78, 5) is 10.7. The van der Waals surface area contributed by atoms with Gasteiger partial charge in [-0.15, -0.1) is 0 Å². The largest absolute Gasteiger partial charge is 0.367 e. The van der Waals surface area contributed by atoms with Crippen molar-refractivity contribution in [1.29, 1.82) is 0 Å². The van der Waals surface area contributed by atoms with Crippen LogP contribution in [0.4, 0.5) is 4.39 Å². The van der Waals surface area contributed by atoms with Gasteiger partial charge in [0.25, 0.3) is 0 Å². The summed E-state index contributed by atoms with van der Waals surface area (Å²) in [5.74, 6) is -1.25. The summed E-state index contributed by atoms with van der Waals surface area (Å²) in [6.07, 6.45) is 5.86. The fourth-order valence-electron chi connectivity index (χ4n) is 1.56. The van der Waals surface area contributed by atoms with Crippen molar-refractivity contribution in [1.82, 2.24) is 0 Å². The van der Waals surface area contributed by atoms with Crippen LogP contribution >= 0.6 is 0 Å². The summed E-state index contributed by atoms with van der Waals surface area (Å²) in [7, 11) is 0. The number of halogens is 1. The molecule has 2 rings (SSSR count). The number of hydrogen-bond donors (Lipinski definition) is 0. The maximum Gasteiger partial charge on any atom is 0.213 e. The Morgan fingerprint density at radius 1 is 1.58 bits per heavy atom. The van der Waals surface area contributed by atoms with Gasteiger partial charge in [0.2, 0.25) is 5.78 Å². The second-order valence-corrected chi connectivity index (χ2v) is 3.10. The van der Waals surface area contributed by atoms with Gasteiger partial charge in [-0.1, -0.05) is 0 Å². The number of carbonyl (C=O) groups excluding carboxylic acids is 1. The van der Waals surface area contributed by atoms with Crippen LogP contribution in [0, 0.1) is 0 Å². The van der Waals surface area contributed by atoms with Crippen molar-refractivity contribution in [2.45, 2.75) is 18.4 Å². The van der Waals surface area contributed by atoms with E-state index in [1.54, 1.807) is 6.08 Å². The first kappa shape index (κ1) is 7.68. The minimum atomic E-state index is -0.695. The molecule has 0 bridgehead atoms. The van der Waals surface area contributed by atoms with Crippen LogP contribution in [-0.4, -0.2) is 18.0 Å². The van der Waals surface area contributed by atoms with Crippen molar-refractivity contribution in [3.63, 3.8) is 0 Å². The van der Waals surface area contributed by atoms with Gasteiger partial charge in [0.1, 0.15) is 5.60 Å². The van der Waals surface area contributed by atoms with E-state index in [1.165, 1.54) is 12.2 Å². The van der Waals surface area contributed by atoms with E-state index in [1.807, 2.05) is 0 Å². The maximum atomic E-state index is 12.9. The first-order chi connectivity index (χ1) is 5.72. The molecule has 0 saturated carbocycles. The first-order valence-corrected chi connectivity index (χ1v) is 3.98. The maximum absolute atomic E-state index is 12.9. The van der Waals surface area contributed by atoms with E-state index in [0.29, 0.717) is 6.61 Å². The average Bonchev–Trinajstić information content (AvgIpc) is 2.47. The molecule has 1 aliphatic carbocycles. The van der Waals surface area contributed by atoms with Crippen LogP contribution in [0.3, 0.4) is 0 Å². The Hall–Kier alpha value is -0.960. The molecular formula is C9H9FO2. The zero-order valence-electron chi connectivity index (χ0n) is 6.55. The average molecular weight is 168 g/mol. The Morgan fingerprint density at radius 3 is 3.00 bits per heavy atom. The quantitative estimate of drug-likeness (QED) is 0.548. The highest BCUT2D eigenvalue weighted by atomic mass is 19.1. The Balaban J connectivity index is 2.30. The van der Waals surface area contributed by atoms with Crippen LogP contribution in [-0.2, 0) is 9.53 Å². The summed E-state index contributed by atoms with van der Waals surface area (Å²) < 4.78 is 18.2.